The van der Waals surface area contributed by atoms with Crippen molar-refractivity contribution in [2.24, 2.45) is 5.92 Å². The molecule has 24 heavy (non-hydrogen) atoms. The molecule has 3 nitrogen and oxygen atoms in total. The lowest BCUT2D eigenvalue weighted by molar-refractivity contribution is 0.233. The van der Waals surface area contributed by atoms with E-state index < -0.39 is 0 Å². The summed E-state index contributed by atoms with van der Waals surface area (Å²) in [6, 6.07) is 9.44. The zero-order chi connectivity index (χ0) is 17.5. The molecule has 0 bridgehead atoms. The quantitative estimate of drug-likeness (QED) is 0.768. The predicted octanol–water partition coefficient (Wildman–Crippen LogP) is 4.29. The Bertz CT molecular complexity index is 461. The van der Waals surface area contributed by atoms with Crippen molar-refractivity contribution in [3.05, 3.63) is 29.8 Å². The summed E-state index contributed by atoms with van der Waals surface area (Å²) in [6.07, 6.45) is 4.00. The third kappa shape index (κ3) is 6.10. The number of piperidine rings is 1. The van der Waals surface area contributed by atoms with Crippen LogP contribution in [-0.2, 0) is 0 Å². The van der Waals surface area contributed by atoms with Gasteiger partial charge in [0.25, 0.3) is 0 Å². The van der Waals surface area contributed by atoms with Crippen LogP contribution in [0.15, 0.2) is 24.3 Å². The van der Waals surface area contributed by atoms with E-state index in [1.165, 1.54) is 37.9 Å². The van der Waals surface area contributed by atoms with Crippen LogP contribution in [0, 0.1) is 5.92 Å². The minimum absolute atomic E-state index is 0.232. The Morgan fingerprint density at radius 1 is 1.08 bits per heavy atom. The van der Waals surface area contributed by atoms with Crippen LogP contribution in [0.2, 0.25) is 0 Å². The molecule has 1 aromatic carbocycles. The van der Waals surface area contributed by atoms with Crippen molar-refractivity contribution >= 4 is 0 Å². The number of nitrogens with one attached hydrogen (secondary N) is 1. The van der Waals surface area contributed by atoms with E-state index in [2.05, 4.69) is 69.2 Å². The molecular weight excluding hydrogens is 296 g/mol. The van der Waals surface area contributed by atoms with Crippen LogP contribution in [-0.4, -0.2) is 43.7 Å². The van der Waals surface area contributed by atoms with Gasteiger partial charge in [-0.15, -0.1) is 0 Å². The van der Waals surface area contributed by atoms with E-state index in [-0.39, 0.29) is 6.10 Å². The molecule has 0 radical (unpaired) electrons. The molecule has 1 atom stereocenters. The first-order chi connectivity index (χ1) is 11.5. The predicted molar refractivity (Wildman–Crippen MR) is 103 cm³/mol. The van der Waals surface area contributed by atoms with Crippen molar-refractivity contribution < 1.29 is 4.74 Å². The second kappa shape index (κ2) is 9.43. The fourth-order valence-electron chi connectivity index (χ4n) is 3.61. The van der Waals surface area contributed by atoms with Gasteiger partial charge in [0.15, 0.2) is 0 Å². The monoisotopic (exact) mass is 332 g/mol. The number of rotatable bonds is 8. The van der Waals surface area contributed by atoms with Crippen molar-refractivity contribution in [2.75, 3.05) is 26.7 Å². The molecule has 0 aliphatic carbocycles. The largest absolute Gasteiger partial charge is 0.491 e. The fourth-order valence-corrected chi connectivity index (χ4v) is 3.61. The molecule has 2 rings (SSSR count). The van der Waals surface area contributed by atoms with Gasteiger partial charge in [-0.1, -0.05) is 26.0 Å². The second-order valence-electron chi connectivity index (χ2n) is 7.91. The summed E-state index contributed by atoms with van der Waals surface area (Å²) >= 11 is 0. The van der Waals surface area contributed by atoms with Crippen LogP contribution in [0.25, 0.3) is 0 Å². The summed E-state index contributed by atoms with van der Waals surface area (Å²) in [7, 11) is 2.22. The summed E-state index contributed by atoms with van der Waals surface area (Å²) in [5.74, 6) is 2.23. The number of hydrogen-bond acceptors (Lipinski definition) is 3. The van der Waals surface area contributed by atoms with Crippen LogP contribution < -0.4 is 10.1 Å². The molecule has 1 fully saturated rings. The van der Waals surface area contributed by atoms with Gasteiger partial charge < -0.3 is 15.0 Å². The van der Waals surface area contributed by atoms with E-state index in [9.17, 15) is 0 Å². The molecule has 1 aliphatic heterocycles. The maximum absolute atomic E-state index is 5.76. The van der Waals surface area contributed by atoms with Crippen molar-refractivity contribution in [3.63, 3.8) is 0 Å². The summed E-state index contributed by atoms with van der Waals surface area (Å²) in [6.45, 7) is 12.4. The van der Waals surface area contributed by atoms with Gasteiger partial charge in [-0.05, 0) is 89.3 Å². The molecule has 3 heteroatoms. The molecule has 1 N–H and O–H groups in total. The van der Waals surface area contributed by atoms with E-state index in [1.807, 2.05) is 0 Å². The van der Waals surface area contributed by atoms with E-state index in [0.717, 1.165) is 12.3 Å². The maximum atomic E-state index is 5.76. The SMILES string of the molecule is CC(C)Oc1ccc(C(CCNC2CCN(C)CC2)C(C)C)cc1. The molecule has 0 spiro atoms. The van der Waals surface area contributed by atoms with Crippen molar-refractivity contribution in [2.45, 2.75) is 65.0 Å². The minimum Gasteiger partial charge on any atom is -0.491 e. The van der Waals surface area contributed by atoms with Gasteiger partial charge in [0.1, 0.15) is 5.75 Å². The zero-order valence-electron chi connectivity index (χ0n) is 16.2. The van der Waals surface area contributed by atoms with Crippen LogP contribution in [0.1, 0.15) is 58.4 Å². The fraction of sp³-hybridized carbons (Fsp3) is 0.714. The topological polar surface area (TPSA) is 24.5 Å². The van der Waals surface area contributed by atoms with Gasteiger partial charge in [-0.3, -0.25) is 0 Å². The summed E-state index contributed by atoms with van der Waals surface area (Å²) in [4.78, 5) is 2.43. The van der Waals surface area contributed by atoms with Crippen LogP contribution in [0.3, 0.4) is 0 Å². The molecule has 1 heterocycles. The number of benzene rings is 1. The average molecular weight is 333 g/mol. The summed E-state index contributed by atoms with van der Waals surface area (Å²) < 4.78 is 5.76. The number of ether oxygens (including phenoxy) is 1. The Labute approximate surface area is 148 Å². The first kappa shape index (κ1) is 19.3. The van der Waals surface area contributed by atoms with Crippen molar-refractivity contribution in [1.29, 1.82) is 0 Å². The number of likely N-dealkylation sites (tertiary alicyclic amines) is 1. The van der Waals surface area contributed by atoms with E-state index in [0.29, 0.717) is 17.9 Å². The lowest BCUT2D eigenvalue weighted by Crippen LogP contribution is -2.41. The minimum atomic E-state index is 0.232. The van der Waals surface area contributed by atoms with Crippen molar-refractivity contribution in [1.82, 2.24) is 10.2 Å². The molecule has 0 amide bonds. The Kier molecular flexibility index (Phi) is 7.57. The highest BCUT2D eigenvalue weighted by Gasteiger charge is 2.19. The number of nitrogens with zero attached hydrogens (tertiary/aromatic N) is 1. The third-order valence-corrected chi connectivity index (χ3v) is 5.09. The highest BCUT2D eigenvalue weighted by Crippen LogP contribution is 2.29. The Balaban J connectivity index is 1.85. The smallest absolute Gasteiger partial charge is 0.119 e. The van der Waals surface area contributed by atoms with Crippen molar-refractivity contribution in [3.8, 4) is 5.75 Å². The molecule has 1 unspecified atom stereocenters. The van der Waals surface area contributed by atoms with Gasteiger partial charge in [0.2, 0.25) is 0 Å². The summed E-state index contributed by atoms with van der Waals surface area (Å²) in [5.41, 5.74) is 1.44. The molecule has 1 saturated heterocycles. The van der Waals surface area contributed by atoms with Crippen LogP contribution >= 0.6 is 0 Å². The molecule has 136 valence electrons. The first-order valence-corrected chi connectivity index (χ1v) is 9.64. The second-order valence-corrected chi connectivity index (χ2v) is 7.91. The Morgan fingerprint density at radius 3 is 2.25 bits per heavy atom. The lowest BCUT2D eigenvalue weighted by Gasteiger charge is -2.30. The first-order valence-electron chi connectivity index (χ1n) is 9.64. The highest BCUT2D eigenvalue weighted by atomic mass is 16.5. The van der Waals surface area contributed by atoms with Gasteiger partial charge >= 0.3 is 0 Å². The number of hydrogen-bond donors (Lipinski definition) is 1. The third-order valence-electron chi connectivity index (χ3n) is 5.09. The lowest BCUT2D eigenvalue weighted by atomic mass is 9.85. The van der Waals surface area contributed by atoms with E-state index in [1.54, 1.807) is 0 Å². The molecular formula is C21H36N2O. The standard InChI is InChI=1S/C21H36N2O/c1-16(2)21(10-13-22-19-11-14-23(5)15-12-19)18-6-8-20(9-7-18)24-17(3)4/h6-9,16-17,19,21-22H,10-15H2,1-5H3. The Hall–Kier alpha value is -1.06. The Morgan fingerprint density at radius 2 is 1.71 bits per heavy atom. The molecule has 0 saturated carbocycles. The van der Waals surface area contributed by atoms with Crippen LogP contribution in [0.4, 0.5) is 0 Å². The zero-order valence-corrected chi connectivity index (χ0v) is 16.2. The summed E-state index contributed by atoms with van der Waals surface area (Å²) in [5, 5.41) is 3.78. The van der Waals surface area contributed by atoms with Gasteiger partial charge in [0, 0.05) is 6.04 Å². The maximum Gasteiger partial charge on any atom is 0.119 e. The van der Waals surface area contributed by atoms with Gasteiger partial charge in [-0.2, -0.15) is 0 Å². The van der Waals surface area contributed by atoms with E-state index in [4.69, 9.17) is 4.74 Å². The molecule has 0 aromatic heterocycles. The van der Waals surface area contributed by atoms with Gasteiger partial charge in [0.05, 0.1) is 6.10 Å². The highest BCUT2D eigenvalue weighted by molar-refractivity contribution is 5.30. The van der Waals surface area contributed by atoms with E-state index >= 15 is 0 Å². The molecule has 1 aromatic rings. The normalized spacial score (nSPS) is 18.3. The molecule has 1 aliphatic rings. The van der Waals surface area contributed by atoms with Crippen LogP contribution in [0.5, 0.6) is 5.75 Å². The average Bonchev–Trinajstić information content (AvgIpc) is 2.53. The van der Waals surface area contributed by atoms with Gasteiger partial charge in [-0.25, -0.2) is 0 Å².